The smallest absolute Gasteiger partial charge is 0.311 e. The summed E-state index contributed by atoms with van der Waals surface area (Å²) < 4.78 is 18.8. The van der Waals surface area contributed by atoms with Crippen molar-refractivity contribution in [1.82, 2.24) is 0 Å². The highest BCUT2D eigenvalue weighted by atomic mass is 35.5. The Bertz CT molecular complexity index is 705. The molecule has 0 aliphatic carbocycles. The van der Waals surface area contributed by atoms with Gasteiger partial charge in [0.05, 0.1) is 4.92 Å². The van der Waals surface area contributed by atoms with E-state index in [1.54, 1.807) is 0 Å². The van der Waals surface area contributed by atoms with Gasteiger partial charge in [-0.1, -0.05) is 11.6 Å². The van der Waals surface area contributed by atoms with Crippen molar-refractivity contribution in [3.05, 3.63) is 68.5 Å². The quantitative estimate of drug-likeness (QED) is 0.479. The maximum Gasteiger partial charge on any atom is 0.311 e. The van der Waals surface area contributed by atoms with E-state index in [1.165, 1.54) is 30.3 Å². The molecule has 0 atom stereocenters. The summed E-state index contributed by atoms with van der Waals surface area (Å²) >= 11 is 5.75. The van der Waals surface area contributed by atoms with E-state index in [0.717, 1.165) is 6.07 Å². The molecule has 21 heavy (non-hydrogen) atoms. The van der Waals surface area contributed by atoms with Crippen LogP contribution in [0.1, 0.15) is 15.9 Å². The first kappa shape index (κ1) is 14.9. The number of hydrogen-bond acceptors (Lipinski definition) is 4. The van der Waals surface area contributed by atoms with Crippen molar-refractivity contribution >= 4 is 23.6 Å². The number of halogens is 2. The third kappa shape index (κ3) is 3.55. The molecule has 108 valence electrons. The van der Waals surface area contributed by atoms with Gasteiger partial charge in [-0.2, -0.15) is 0 Å². The Labute approximate surface area is 124 Å². The lowest BCUT2D eigenvalue weighted by molar-refractivity contribution is -0.386. The Morgan fingerprint density at radius 1 is 1.29 bits per heavy atom. The summed E-state index contributed by atoms with van der Waals surface area (Å²) in [4.78, 5) is 20.9. The van der Waals surface area contributed by atoms with Crippen LogP contribution in [0.2, 0.25) is 5.02 Å². The predicted molar refractivity (Wildman–Crippen MR) is 74.2 cm³/mol. The van der Waals surface area contributed by atoms with E-state index in [1.807, 2.05) is 0 Å². The molecule has 0 unspecified atom stereocenters. The summed E-state index contributed by atoms with van der Waals surface area (Å²) in [5.74, 6) is -0.573. The van der Waals surface area contributed by atoms with Crippen molar-refractivity contribution < 1.29 is 18.8 Å². The fourth-order valence-electron chi connectivity index (χ4n) is 1.68. The average molecular weight is 310 g/mol. The molecule has 0 aliphatic heterocycles. The molecule has 0 fully saturated rings. The maximum atomic E-state index is 13.5. The zero-order valence-electron chi connectivity index (χ0n) is 10.6. The number of hydrogen-bond donors (Lipinski definition) is 0. The molecule has 2 aromatic rings. The van der Waals surface area contributed by atoms with Gasteiger partial charge in [-0.3, -0.25) is 14.9 Å². The maximum absolute atomic E-state index is 13.5. The molecule has 0 N–H and O–H groups in total. The number of aldehydes is 1. The van der Waals surface area contributed by atoms with E-state index < -0.39 is 10.7 Å². The van der Waals surface area contributed by atoms with Gasteiger partial charge < -0.3 is 4.74 Å². The lowest BCUT2D eigenvalue weighted by Gasteiger charge is -2.08. The van der Waals surface area contributed by atoms with E-state index in [2.05, 4.69) is 0 Å². The number of nitro benzene ring substituents is 1. The number of rotatable bonds is 5. The molecule has 2 aromatic carbocycles. The minimum atomic E-state index is -0.670. The highest BCUT2D eigenvalue weighted by Gasteiger charge is 2.16. The Hall–Kier alpha value is -2.47. The first-order chi connectivity index (χ1) is 10.0. The second-order valence-corrected chi connectivity index (χ2v) is 4.56. The van der Waals surface area contributed by atoms with Crippen molar-refractivity contribution in [3.63, 3.8) is 0 Å². The van der Waals surface area contributed by atoms with Crippen LogP contribution >= 0.6 is 11.6 Å². The SMILES string of the molecule is O=Cc1ccc(OCc2cc(Cl)ccc2F)c([N+](=O)[O-])c1. The summed E-state index contributed by atoms with van der Waals surface area (Å²) in [6, 6.07) is 7.72. The molecule has 0 heterocycles. The van der Waals surface area contributed by atoms with Crippen LogP contribution in [0.3, 0.4) is 0 Å². The molecule has 0 saturated carbocycles. The van der Waals surface area contributed by atoms with Crippen molar-refractivity contribution in [2.45, 2.75) is 6.61 Å². The van der Waals surface area contributed by atoms with Gasteiger partial charge in [-0.05, 0) is 30.3 Å². The van der Waals surface area contributed by atoms with Gasteiger partial charge in [0, 0.05) is 22.2 Å². The third-order valence-corrected chi connectivity index (χ3v) is 2.94. The number of carbonyl (C=O) groups is 1. The number of carbonyl (C=O) groups excluding carboxylic acids is 1. The first-order valence-electron chi connectivity index (χ1n) is 5.81. The van der Waals surface area contributed by atoms with E-state index in [0.29, 0.717) is 11.3 Å². The average Bonchev–Trinajstić information content (AvgIpc) is 2.48. The van der Waals surface area contributed by atoms with Crippen LogP contribution in [0.4, 0.5) is 10.1 Å². The van der Waals surface area contributed by atoms with E-state index in [4.69, 9.17) is 16.3 Å². The molecular formula is C14H9ClFNO4. The summed E-state index contributed by atoms with van der Waals surface area (Å²) in [6.07, 6.45) is 0.493. The summed E-state index contributed by atoms with van der Waals surface area (Å²) in [5, 5.41) is 11.3. The molecular weight excluding hydrogens is 301 g/mol. The number of nitrogens with zero attached hydrogens (tertiary/aromatic N) is 1. The van der Waals surface area contributed by atoms with Crippen LogP contribution in [0, 0.1) is 15.9 Å². The summed E-state index contributed by atoms with van der Waals surface area (Å²) in [7, 11) is 0. The molecule has 0 saturated heterocycles. The molecule has 0 radical (unpaired) electrons. The first-order valence-corrected chi connectivity index (χ1v) is 6.19. The normalized spacial score (nSPS) is 10.2. The van der Waals surface area contributed by atoms with Crippen LogP contribution in [0.25, 0.3) is 0 Å². The molecule has 0 spiro atoms. The summed E-state index contributed by atoms with van der Waals surface area (Å²) in [6.45, 7) is -0.215. The largest absolute Gasteiger partial charge is 0.482 e. The molecule has 5 nitrogen and oxygen atoms in total. The molecule has 2 rings (SSSR count). The van der Waals surface area contributed by atoms with E-state index >= 15 is 0 Å². The van der Waals surface area contributed by atoms with E-state index in [-0.39, 0.29) is 29.2 Å². The van der Waals surface area contributed by atoms with Crippen LogP contribution in [-0.2, 0) is 6.61 Å². The van der Waals surface area contributed by atoms with E-state index in [9.17, 15) is 19.3 Å². The number of benzene rings is 2. The highest BCUT2D eigenvalue weighted by molar-refractivity contribution is 6.30. The lowest BCUT2D eigenvalue weighted by atomic mass is 10.2. The van der Waals surface area contributed by atoms with Gasteiger partial charge in [0.15, 0.2) is 5.75 Å². The predicted octanol–water partition coefficient (Wildman–Crippen LogP) is 3.78. The Kier molecular flexibility index (Phi) is 4.49. The van der Waals surface area contributed by atoms with Crippen LogP contribution in [0.15, 0.2) is 36.4 Å². The number of nitro groups is 1. The Morgan fingerprint density at radius 3 is 2.71 bits per heavy atom. The van der Waals surface area contributed by atoms with Crippen molar-refractivity contribution in [3.8, 4) is 5.75 Å². The highest BCUT2D eigenvalue weighted by Crippen LogP contribution is 2.28. The van der Waals surface area contributed by atoms with Crippen LogP contribution in [-0.4, -0.2) is 11.2 Å². The van der Waals surface area contributed by atoms with Crippen LogP contribution < -0.4 is 4.74 Å². The fourth-order valence-corrected chi connectivity index (χ4v) is 1.88. The minimum absolute atomic E-state index is 0.0509. The topological polar surface area (TPSA) is 69.4 Å². The van der Waals surface area contributed by atoms with Crippen molar-refractivity contribution in [1.29, 1.82) is 0 Å². The second kappa shape index (κ2) is 6.32. The van der Waals surface area contributed by atoms with Gasteiger partial charge in [0.2, 0.25) is 0 Å². The van der Waals surface area contributed by atoms with Gasteiger partial charge >= 0.3 is 5.69 Å². The number of ether oxygens (including phenoxy) is 1. The van der Waals surface area contributed by atoms with Gasteiger partial charge in [0.25, 0.3) is 0 Å². The standard InChI is InChI=1S/C14H9ClFNO4/c15-11-2-3-12(16)10(6-11)8-21-14-4-1-9(7-18)5-13(14)17(19)20/h1-7H,8H2. The third-order valence-electron chi connectivity index (χ3n) is 2.71. The second-order valence-electron chi connectivity index (χ2n) is 4.13. The Morgan fingerprint density at radius 2 is 2.05 bits per heavy atom. The monoisotopic (exact) mass is 309 g/mol. The fraction of sp³-hybridized carbons (Fsp3) is 0.0714. The Balaban J connectivity index is 2.25. The molecule has 0 bridgehead atoms. The van der Waals surface area contributed by atoms with Gasteiger partial charge in [-0.15, -0.1) is 0 Å². The molecule has 0 aliphatic rings. The molecule has 0 aromatic heterocycles. The molecule has 7 heteroatoms. The van der Waals surface area contributed by atoms with Gasteiger partial charge in [0.1, 0.15) is 18.7 Å². The van der Waals surface area contributed by atoms with Crippen molar-refractivity contribution in [2.24, 2.45) is 0 Å². The zero-order valence-corrected chi connectivity index (χ0v) is 11.3. The molecule has 0 amide bonds. The van der Waals surface area contributed by atoms with Gasteiger partial charge in [-0.25, -0.2) is 4.39 Å². The zero-order chi connectivity index (χ0) is 15.4. The lowest BCUT2D eigenvalue weighted by Crippen LogP contribution is -2.01. The van der Waals surface area contributed by atoms with Crippen molar-refractivity contribution in [2.75, 3.05) is 0 Å². The minimum Gasteiger partial charge on any atom is -0.482 e. The summed E-state index contributed by atoms with van der Waals surface area (Å²) in [5.41, 5.74) is -0.0266. The van der Waals surface area contributed by atoms with Crippen LogP contribution in [0.5, 0.6) is 5.75 Å².